The van der Waals surface area contributed by atoms with Gasteiger partial charge in [-0.1, -0.05) is 20.3 Å². The van der Waals surface area contributed by atoms with Gasteiger partial charge < -0.3 is 15.3 Å². The van der Waals surface area contributed by atoms with Crippen molar-refractivity contribution in [3.63, 3.8) is 0 Å². The topological polar surface area (TPSA) is 115 Å². The van der Waals surface area contributed by atoms with Crippen LogP contribution >= 0.6 is 0 Å². The van der Waals surface area contributed by atoms with Crippen LogP contribution in [0.25, 0.3) is 0 Å². The Hall–Kier alpha value is -1.63. The number of aliphatic carboxylic acids is 3. The number of carboxylic acids is 3. The molecule has 0 aliphatic carbocycles. The first-order chi connectivity index (χ1) is 8.29. The molecule has 0 heterocycles. The lowest BCUT2D eigenvalue weighted by Crippen LogP contribution is -2.46. The minimum atomic E-state index is -1.17. The summed E-state index contributed by atoms with van der Waals surface area (Å²) in [6.45, 7) is 2.63. The highest BCUT2D eigenvalue weighted by atomic mass is 16.4. The number of rotatable bonds is 9. The summed E-state index contributed by atoms with van der Waals surface area (Å²) in [6.07, 6.45) is 0.865. The van der Waals surface area contributed by atoms with Gasteiger partial charge in [0.2, 0.25) is 0 Å². The summed E-state index contributed by atoms with van der Waals surface area (Å²) in [5.74, 6) is -4.19. The monoisotopic (exact) mass is 261 g/mol. The summed E-state index contributed by atoms with van der Waals surface area (Å²) in [4.78, 5) is 33.7. The lowest BCUT2D eigenvalue weighted by molar-refractivity contribution is -0.150. The molecule has 7 heteroatoms. The maximum atomic E-state index is 11.1. The molecule has 0 saturated heterocycles. The molecule has 0 fully saturated rings. The molecule has 0 aliphatic rings. The quantitative estimate of drug-likeness (QED) is 0.548. The molecule has 0 aromatic rings. The maximum Gasteiger partial charge on any atom is 0.320 e. The number of nitrogens with zero attached hydrogens (tertiary/aromatic N) is 1. The van der Waals surface area contributed by atoms with E-state index < -0.39 is 36.4 Å². The van der Waals surface area contributed by atoms with Crippen molar-refractivity contribution in [2.24, 2.45) is 5.92 Å². The van der Waals surface area contributed by atoms with Crippen LogP contribution in [0.15, 0.2) is 0 Å². The minimum absolute atomic E-state index is 0.0986. The van der Waals surface area contributed by atoms with Crippen LogP contribution in [-0.2, 0) is 14.4 Å². The van der Waals surface area contributed by atoms with Crippen LogP contribution < -0.4 is 0 Å². The normalized spacial score (nSPS) is 14.2. The van der Waals surface area contributed by atoms with E-state index >= 15 is 0 Å². The molecule has 0 saturated carbocycles. The zero-order valence-electron chi connectivity index (χ0n) is 10.5. The van der Waals surface area contributed by atoms with Crippen molar-refractivity contribution in [2.75, 3.05) is 13.1 Å². The average Bonchev–Trinajstić information content (AvgIpc) is 2.23. The second-order valence-electron chi connectivity index (χ2n) is 4.21. The van der Waals surface area contributed by atoms with Gasteiger partial charge in [-0.25, -0.2) is 0 Å². The van der Waals surface area contributed by atoms with E-state index in [4.69, 9.17) is 15.3 Å². The molecule has 0 aromatic heterocycles. The molecule has 0 bridgehead atoms. The molecule has 0 aliphatic heterocycles. The standard InChI is InChI=1S/C11H19NO6/c1-3-4-8(11(17)18)12(6-9(13)14)5-7(2)10(15)16/h7-8H,3-6H2,1-2H3,(H,13,14)(H,15,16)(H,17,18). The van der Waals surface area contributed by atoms with Crippen molar-refractivity contribution >= 4 is 17.9 Å². The van der Waals surface area contributed by atoms with Gasteiger partial charge in [0.25, 0.3) is 0 Å². The van der Waals surface area contributed by atoms with Gasteiger partial charge in [0.1, 0.15) is 6.04 Å². The van der Waals surface area contributed by atoms with Gasteiger partial charge >= 0.3 is 17.9 Å². The molecular formula is C11H19NO6. The Morgan fingerprint density at radius 1 is 1.11 bits per heavy atom. The Morgan fingerprint density at radius 3 is 2.00 bits per heavy atom. The molecule has 0 aromatic carbocycles. The average molecular weight is 261 g/mol. The van der Waals surface area contributed by atoms with Crippen LogP contribution in [0.4, 0.5) is 0 Å². The fourth-order valence-corrected chi connectivity index (χ4v) is 1.64. The summed E-state index contributed by atoms with van der Waals surface area (Å²) in [6, 6.07) is -0.965. The molecule has 18 heavy (non-hydrogen) atoms. The molecule has 2 atom stereocenters. The molecule has 104 valence electrons. The van der Waals surface area contributed by atoms with Gasteiger partial charge in [-0.15, -0.1) is 0 Å². The van der Waals surface area contributed by atoms with Crippen molar-refractivity contribution in [3.05, 3.63) is 0 Å². The third-order valence-electron chi connectivity index (χ3n) is 2.56. The molecule has 3 N–H and O–H groups in total. The van der Waals surface area contributed by atoms with E-state index in [2.05, 4.69) is 0 Å². The highest BCUT2D eigenvalue weighted by Crippen LogP contribution is 2.11. The smallest absolute Gasteiger partial charge is 0.320 e. The van der Waals surface area contributed by atoms with Gasteiger partial charge in [-0.3, -0.25) is 19.3 Å². The molecule has 7 nitrogen and oxygen atoms in total. The zero-order chi connectivity index (χ0) is 14.3. The SMILES string of the molecule is CCCC(C(=O)O)N(CC(=O)O)CC(C)C(=O)O. The van der Waals surface area contributed by atoms with Crippen LogP contribution in [0, 0.1) is 5.92 Å². The Kier molecular flexibility index (Phi) is 6.96. The number of hydrogen-bond donors (Lipinski definition) is 3. The highest BCUT2D eigenvalue weighted by molar-refractivity contribution is 5.76. The van der Waals surface area contributed by atoms with Gasteiger partial charge in [0.05, 0.1) is 12.5 Å². The molecular weight excluding hydrogens is 242 g/mol. The summed E-state index contributed by atoms with van der Waals surface area (Å²) in [5.41, 5.74) is 0. The summed E-state index contributed by atoms with van der Waals surface area (Å²) in [5, 5.41) is 26.6. The Labute approximate surface area is 105 Å². The predicted octanol–water partition coefficient (Wildman–Crippen LogP) is 0.347. The van der Waals surface area contributed by atoms with Crippen LogP contribution in [-0.4, -0.2) is 57.3 Å². The fraction of sp³-hybridized carbons (Fsp3) is 0.727. The van der Waals surface area contributed by atoms with Crippen molar-refractivity contribution in [3.8, 4) is 0 Å². The minimum Gasteiger partial charge on any atom is -0.481 e. The van der Waals surface area contributed by atoms with E-state index in [0.29, 0.717) is 6.42 Å². The lowest BCUT2D eigenvalue weighted by Gasteiger charge is -2.28. The Balaban J connectivity index is 4.87. The Morgan fingerprint density at radius 2 is 1.67 bits per heavy atom. The largest absolute Gasteiger partial charge is 0.481 e. The second kappa shape index (κ2) is 7.65. The third-order valence-corrected chi connectivity index (χ3v) is 2.56. The van der Waals surface area contributed by atoms with Crippen LogP contribution in [0.1, 0.15) is 26.7 Å². The Bertz CT molecular complexity index is 317. The van der Waals surface area contributed by atoms with E-state index in [0.717, 1.165) is 0 Å². The lowest BCUT2D eigenvalue weighted by atomic mass is 10.1. The molecule has 2 unspecified atom stereocenters. The number of hydrogen-bond acceptors (Lipinski definition) is 4. The van der Waals surface area contributed by atoms with Gasteiger partial charge in [-0.2, -0.15) is 0 Å². The maximum absolute atomic E-state index is 11.1. The van der Waals surface area contributed by atoms with Crippen molar-refractivity contribution in [1.29, 1.82) is 0 Å². The van der Waals surface area contributed by atoms with Crippen LogP contribution in [0.5, 0.6) is 0 Å². The van der Waals surface area contributed by atoms with E-state index in [1.807, 2.05) is 0 Å². The summed E-state index contributed by atoms with van der Waals surface area (Å²) >= 11 is 0. The van der Waals surface area contributed by atoms with E-state index in [1.54, 1.807) is 6.92 Å². The fourth-order valence-electron chi connectivity index (χ4n) is 1.64. The summed E-state index contributed by atoms with van der Waals surface area (Å²) < 4.78 is 0. The highest BCUT2D eigenvalue weighted by Gasteiger charge is 2.29. The van der Waals surface area contributed by atoms with Gasteiger partial charge in [0.15, 0.2) is 0 Å². The molecule has 0 spiro atoms. The molecule has 0 rings (SSSR count). The zero-order valence-corrected chi connectivity index (χ0v) is 10.5. The molecule has 0 radical (unpaired) electrons. The first kappa shape index (κ1) is 16.4. The van der Waals surface area contributed by atoms with E-state index in [-0.39, 0.29) is 13.0 Å². The van der Waals surface area contributed by atoms with Crippen LogP contribution in [0.3, 0.4) is 0 Å². The van der Waals surface area contributed by atoms with Crippen molar-refractivity contribution in [2.45, 2.75) is 32.7 Å². The van der Waals surface area contributed by atoms with Gasteiger partial charge in [-0.05, 0) is 6.42 Å². The predicted molar refractivity (Wildman–Crippen MR) is 62.3 cm³/mol. The third kappa shape index (κ3) is 5.62. The van der Waals surface area contributed by atoms with Crippen LogP contribution in [0.2, 0.25) is 0 Å². The number of carbonyl (C=O) groups is 3. The molecule has 0 amide bonds. The second-order valence-corrected chi connectivity index (χ2v) is 4.21. The van der Waals surface area contributed by atoms with E-state index in [9.17, 15) is 14.4 Å². The number of carboxylic acid groups (broad SMARTS) is 3. The van der Waals surface area contributed by atoms with Gasteiger partial charge in [0, 0.05) is 6.54 Å². The van der Waals surface area contributed by atoms with Crippen molar-refractivity contribution < 1.29 is 29.7 Å². The van der Waals surface area contributed by atoms with E-state index in [1.165, 1.54) is 11.8 Å². The first-order valence-corrected chi connectivity index (χ1v) is 5.71. The first-order valence-electron chi connectivity index (χ1n) is 5.71. The van der Waals surface area contributed by atoms with Crippen molar-refractivity contribution in [1.82, 2.24) is 4.90 Å². The summed E-state index contributed by atoms with van der Waals surface area (Å²) in [7, 11) is 0.